The van der Waals surface area contributed by atoms with Crippen molar-refractivity contribution >= 4 is 0 Å². The molecule has 2 N–H and O–H groups in total. The Labute approximate surface area is 108 Å². The Morgan fingerprint density at radius 2 is 2.39 bits per heavy atom. The van der Waals surface area contributed by atoms with E-state index in [9.17, 15) is 5.11 Å². The molecule has 0 bridgehead atoms. The highest BCUT2D eigenvalue weighted by atomic mass is 16.5. The first kappa shape index (κ1) is 12.0. The van der Waals surface area contributed by atoms with Gasteiger partial charge in [0.25, 0.3) is 0 Å². The largest absolute Gasteiger partial charge is 0.493 e. The molecule has 3 heteroatoms. The van der Waals surface area contributed by atoms with E-state index >= 15 is 0 Å². The lowest BCUT2D eigenvalue weighted by Crippen LogP contribution is -2.48. The molecule has 98 valence electrons. The highest BCUT2D eigenvalue weighted by Gasteiger charge is 2.42. The Morgan fingerprint density at radius 1 is 1.50 bits per heavy atom. The standard InChI is InChI=1S/C15H21NO2/c1-2-12-10-16-8-7-15(12,17)13-5-3-4-11-6-9-18-14(11)13/h3-5,12,16-17H,2,6-10H2,1H3. The van der Waals surface area contributed by atoms with Crippen LogP contribution in [0.25, 0.3) is 0 Å². The molecule has 2 heterocycles. The maximum atomic E-state index is 11.1. The van der Waals surface area contributed by atoms with Gasteiger partial charge in [0.15, 0.2) is 0 Å². The average molecular weight is 247 g/mol. The van der Waals surface area contributed by atoms with E-state index < -0.39 is 5.60 Å². The summed E-state index contributed by atoms with van der Waals surface area (Å²) in [4.78, 5) is 0. The van der Waals surface area contributed by atoms with Crippen LogP contribution >= 0.6 is 0 Å². The lowest BCUT2D eigenvalue weighted by molar-refractivity contribution is -0.0493. The van der Waals surface area contributed by atoms with Crippen LogP contribution in [0.1, 0.15) is 30.9 Å². The number of nitrogens with one attached hydrogen (secondary N) is 1. The molecule has 0 spiro atoms. The van der Waals surface area contributed by atoms with E-state index in [1.54, 1.807) is 0 Å². The van der Waals surface area contributed by atoms with Crippen molar-refractivity contribution in [3.8, 4) is 5.75 Å². The zero-order valence-electron chi connectivity index (χ0n) is 10.9. The number of rotatable bonds is 2. The number of ether oxygens (including phenoxy) is 1. The van der Waals surface area contributed by atoms with Gasteiger partial charge in [-0.15, -0.1) is 0 Å². The van der Waals surface area contributed by atoms with Crippen molar-refractivity contribution in [2.75, 3.05) is 19.7 Å². The van der Waals surface area contributed by atoms with Gasteiger partial charge in [-0.1, -0.05) is 25.1 Å². The monoisotopic (exact) mass is 247 g/mol. The van der Waals surface area contributed by atoms with Crippen LogP contribution in [0.4, 0.5) is 0 Å². The van der Waals surface area contributed by atoms with Crippen LogP contribution in [-0.2, 0) is 12.0 Å². The Bertz CT molecular complexity index is 446. The zero-order valence-corrected chi connectivity index (χ0v) is 10.9. The van der Waals surface area contributed by atoms with Crippen LogP contribution in [0.5, 0.6) is 5.75 Å². The van der Waals surface area contributed by atoms with Gasteiger partial charge in [0.05, 0.1) is 12.2 Å². The van der Waals surface area contributed by atoms with Crippen LogP contribution in [0.15, 0.2) is 18.2 Å². The molecule has 2 aliphatic rings. The maximum absolute atomic E-state index is 11.1. The molecule has 0 radical (unpaired) electrons. The number of fused-ring (bicyclic) bond motifs is 1. The minimum Gasteiger partial charge on any atom is -0.493 e. The van der Waals surface area contributed by atoms with Crippen molar-refractivity contribution < 1.29 is 9.84 Å². The average Bonchev–Trinajstić information content (AvgIpc) is 2.87. The van der Waals surface area contributed by atoms with Gasteiger partial charge in [-0.3, -0.25) is 0 Å². The second-order valence-corrected chi connectivity index (χ2v) is 5.38. The first-order valence-electron chi connectivity index (χ1n) is 6.94. The summed E-state index contributed by atoms with van der Waals surface area (Å²) >= 11 is 0. The summed E-state index contributed by atoms with van der Waals surface area (Å²) in [7, 11) is 0. The fraction of sp³-hybridized carbons (Fsp3) is 0.600. The lowest BCUT2D eigenvalue weighted by atomic mass is 9.74. The van der Waals surface area contributed by atoms with Crippen molar-refractivity contribution in [2.24, 2.45) is 5.92 Å². The van der Waals surface area contributed by atoms with Gasteiger partial charge in [-0.05, 0) is 24.9 Å². The molecule has 1 aromatic carbocycles. The molecule has 2 atom stereocenters. The van der Waals surface area contributed by atoms with E-state index in [4.69, 9.17) is 4.74 Å². The highest BCUT2D eigenvalue weighted by Crippen LogP contribution is 2.44. The molecule has 1 aromatic rings. The minimum atomic E-state index is -0.727. The summed E-state index contributed by atoms with van der Waals surface area (Å²) in [5.74, 6) is 1.21. The number of aliphatic hydroxyl groups is 1. The predicted octanol–water partition coefficient (Wildman–Crippen LogP) is 1.83. The number of hydrogen-bond acceptors (Lipinski definition) is 3. The van der Waals surface area contributed by atoms with E-state index in [1.165, 1.54) is 5.56 Å². The van der Waals surface area contributed by atoms with Crippen molar-refractivity contribution in [3.05, 3.63) is 29.3 Å². The van der Waals surface area contributed by atoms with Gasteiger partial charge in [0.1, 0.15) is 5.75 Å². The topological polar surface area (TPSA) is 41.5 Å². The molecular formula is C15H21NO2. The first-order chi connectivity index (χ1) is 8.75. The normalized spacial score (nSPS) is 30.9. The van der Waals surface area contributed by atoms with Crippen LogP contribution in [-0.4, -0.2) is 24.8 Å². The summed E-state index contributed by atoms with van der Waals surface area (Å²) in [6, 6.07) is 6.20. The Morgan fingerprint density at radius 3 is 3.22 bits per heavy atom. The molecular weight excluding hydrogens is 226 g/mol. The van der Waals surface area contributed by atoms with Crippen molar-refractivity contribution in [2.45, 2.75) is 31.8 Å². The van der Waals surface area contributed by atoms with Crippen molar-refractivity contribution in [1.82, 2.24) is 5.32 Å². The van der Waals surface area contributed by atoms with Gasteiger partial charge in [-0.25, -0.2) is 0 Å². The van der Waals surface area contributed by atoms with Gasteiger partial charge >= 0.3 is 0 Å². The van der Waals surface area contributed by atoms with Crippen molar-refractivity contribution in [1.29, 1.82) is 0 Å². The zero-order chi connectivity index (χ0) is 12.6. The van der Waals surface area contributed by atoms with Crippen molar-refractivity contribution in [3.63, 3.8) is 0 Å². The summed E-state index contributed by atoms with van der Waals surface area (Å²) in [6.45, 7) is 4.65. The quantitative estimate of drug-likeness (QED) is 0.837. The van der Waals surface area contributed by atoms with Gasteiger partial charge < -0.3 is 15.2 Å². The fourth-order valence-electron chi connectivity index (χ4n) is 3.32. The number of hydrogen-bond donors (Lipinski definition) is 2. The van der Waals surface area contributed by atoms with Crippen LogP contribution < -0.4 is 10.1 Å². The molecule has 3 nitrogen and oxygen atoms in total. The molecule has 0 amide bonds. The smallest absolute Gasteiger partial charge is 0.128 e. The van der Waals surface area contributed by atoms with Crippen LogP contribution in [0, 0.1) is 5.92 Å². The van der Waals surface area contributed by atoms with E-state index in [1.807, 2.05) is 6.07 Å². The molecule has 3 rings (SSSR count). The number of benzene rings is 1. The number of para-hydroxylation sites is 1. The van der Waals surface area contributed by atoms with Gasteiger partial charge in [0, 0.05) is 24.4 Å². The third kappa shape index (κ3) is 1.73. The van der Waals surface area contributed by atoms with E-state index in [0.29, 0.717) is 0 Å². The molecule has 2 aliphatic heterocycles. The minimum absolute atomic E-state index is 0.266. The van der Waals surface area contributed by atoms with Crippen LogP contribution in [0.2, 0.25) is 0 Å². The second-order valence-electron chi connectivity index (χ2n) is 5.38. The van der Waals surface area contributed by atoms with E-state index in [0.717, 1.165) is 50.3 Å². The Kier molecular flexibility index (Phi) is 3.04. The van der Waals surface area contributed by atoms with Crippen LogP contribution in [0.3, 0.4) is 0 Å². The van der Waals surface area contributed by atoms with E-state index in [2.05, 4.69) is 24.4 Å². The van der Waals surface area contributed by atoms with E-state index in [-0.39, 0.29) is 5.92 Å². The third-order valence-corrected chi connectivity index (χ3v) is 4.42. The molecule has 0 aliphatic carbocycles. The lowest BCUT2D eigenvalue weighted by Gasteiger charge is -2.41. The Balaban J connectivity index is 2.05. The summed E-state index contributed by atoms with van der Waals surface area (Å²) in [5, 5.41) is 14.5. The first-order valence-corrected chi connectivity index (χ1v) is 6.94. The number of piperidine rings is 1. The highest BCUT2D eigenvalue weighted by molar-refractivity contribution is 5.47. The maximum Gasteiger partial charge on any atom is 0.128 e. The summed E-state index contributed by atoms with van der Waals surface area (Å²) < 4.78 is 5.76. The van der Waals surface area contributed by atoms with Gasteiger partial charge in [-0.2, -0.15) is 0 Å². The Hall–Kier alpha value is -1.06. The summed E-state index contributed by atoms with van der Waals surface area (Å²) in [5.41, 5.74) is 1.52. The molecule has 1 saturated heterocycles. The molecule has 2 unspecified atom stereocenters. The third-order valence-electron chi connectivity index (χ3n) is 4.42. The van der Waals surface area contributed by atoms with Gasteiger partial charge in [0.2, 0.25) is 0 Å². The second kappa shape index (κ2) is 4.56. The molecule has 0 aromatic heterocycles. The SMILES string of the molecule is CCC1CNCCC1(O)c1cccc2c1OCC2. The molecule has 1 fully saturated rings. The fourth-order valence-corrected chi connectivity index (χ4v) is 3.32. The molecule has 18 heavy (non-hydrogen) atoms. The summed E-state index contributed by atoms with van der Waals surface area (Å²) in [6.07, 6.45) is 2.72. The molecule has 0 saturated carbocycles. The predicted molar refractivity (Wildman–Crippen MR) is 70.8 cm³/mol.